The molecule has 4 aromatic heterocycles. The zero-order valence-electron chi connectivity index (χ0n) is 18.3. The summed E-state index contributed by atoms with van der Waals surface area (Å²) < 4.78 is 2.45. The third-order valence-corrected chi connectivity index (χ3v) is 7.89. The number of fused-ring (bicyclic) bond motifs is 7. The molecule has 0 fully saturated rings. The lowest BCUT2D eigenvalue weighted by molar-refractivity contribution is 0.591. The van der Waals surface area contributed by atoms with Gasteiger partial charge in [-0.3, -0.25) is 9.38 Å². The van der Waals surface area contributed by atoms with Crippen molar-refractivity contribution in [3.63, 3.8) is 0 Å². The maximum atomic E-state index is 4.84. The minimum Gasteiger partial charge on any atom is -0.299 e. The number of thiophene rings is 1. The lowest BCUT2D eigenvalue weighted by Crippen LogP contribution is -2.10. The predicted molar refractivity (Wildman–Crippen MR) is 138 cm³/mol. The summed E-state index contributed by atoms with van der Waals surface area (Å²) >= 11 is 1.85. The predicted octanol–water partition coefficient (Wildman–Crippen LogP) is 8.41. The van der Waals surface area contributed by atoms with Crippen LogP contribution in [0.1, 0.15) is 26.3 Å². The molecule has 32 heavy (non-hydrogen) atoms. The Kier molecular flexibility index (Phi) is 3.45. The molecule has 0 amide bonds. The van der Waals surface area contributed by atoms with Crippen LogP contribution in [0.25, 0.3) is 58.8 Å². The van der Waals surface area contributed by atoms with Crippen LogP contribution in [0.5, 0.6) is 0 Å². The van der Waals surface area contributed by atoms with E-state index in [-0.39, 0.29) is 5.41 Å². The summed E-state index contributed by atoms with van der Waals surface area (Å²) in [5, 5.41) is 7.78. The molecule has 0 N–H and O–H groups in total. The number of para-hydroxylation sites is 2. The second-order valence-electron chi connectivity index (χ2n) is 9.73. The van der Waals surface area contributed by atoms with Crippen molar-refractivity contribution < 1.29 is 0 Å². The number of pyridine rings is 1. The van der Waals surface area contributed by atoms with E-state index in [1.54, 1.807) is 0 Å². The number of rotatable bonds is 1. The molecular formula is C29H22N2S. The molecule has 0 radical (unpaired) electrons. The van der Waals surface area contributed by atoms with E-state index < -0.39 is 0 Å². The van der Waals surface area contributed by atoms with E-state index in [0.717, 1.165) is 5.69 Å². The average Bonchev–Trinajstić information content (AvgIpc) is 3.45. The summed E-state index contributed by atoms with van der Waals surface area (Å²) in [5.41, 5.74) is 5.18. The fourth-order valence-corrected chi connectivity index (χ4v) is 6.35. The summed E-state index contributed by atoms with van der Waals surface area (Å²) in [6.07, 6.45) is 1.95. The Balaban J connectivity index is 1.54. The smallest absolute Gasteiger partial charge is 0.109 e. The van der Waals surface area contributed by atoms with Crippen LogP contribution in [0.3, 0.4) is 0 Å². The van der Waals surface area contributed by atoms with Gasteiger partial charge < -0.3 is 0 Å². The van der Waals surface area contributed by atoms with Crippen LogP contribution in [-0.2, 0) is 5.41 Å². The molecule has 0 saturated heterocycles. The maximum absolute atomic E-state index is 4.84. The van der Waals surface area contributed by atoms with Crippen molar-refractivity contribution in [1.82, 2.24) is 9.38 Å². The number of hydrogen-bond donors (Lipinski definition) is 0. The van der Waals surface area contributed by atoms with Gasteiger partial charge in [0, 0.05) is 33.1 Å². The van der Waals surface area contributed by atoms with Crippen molar-refractivity contribution in [2.45, 2.75) is 26.2 Å². The van der Waals surface area contributed by atoms with Crippen molar-refractivity contribution in [2.75, 3.05) is 0 Å². The van der Waals surface area contributed by atoms with Crippen LogP contribution in [0.15, 0.2) is 79.0 Å². The molecule has 2 nitrogen and oxygen atoms in total. The van der Waals surface area contributed by atoms with Gasteiger partial charge in [-0.15, -0.1) is 11.3 Å². The summed E-state index contributed by atoms with van der Waals surface area (Å²) in [7, 11) is 0. The average molecular weight is 431 g/mol. The minimum atomic E-state index is 0.131. The van der Waals surface area contributed by atoms with Gasteiger partial charge in [-0.1, -0.05) is 75.4 Å². The first-order valence-electron chi connectivity index (χ1n) is 11.1. The van der Waals surface area contributed by atoms with Crippen LogP contribution in [0.2, 0.25) is 0 Å². The van der Waals surface area contributed by atoms with Gasteiger partial charge in [-0.05, 0) is 34.6 Å². The van der Waals surface area contributed by atoms with Crippen LogP contribution in [0, 0.1) is 0 Å². The fraction of sp³-hybridized carbons (Fsp3) is 0.138. The quantitative estimate of drug-likeness (QED) is 0.255. The molecule has 7 rings (SSSR count). The first kappa shape index (κ1) is 18.2. The SMILES string of the molecule is CC(C)(C)c1ccc2c(-c3cc4c5cccc6c7ccccc7n(c4s3)c65)nccc2c1. The van der Waals surface area contributed by atoms with E-state index >= 15 is 0 Å². The number of nitrogens with zero attached hydrogens (tertiary/aromatic N) is 2. The van der Waals surface area contributed by atoms with E-state index in [2.05, 4.69) is 98.0 Å². The van der Waals surface area contributed by atoms with E-state index in [9.17, 15) is 0 Å². The Labute approximate surface area is 190 Å². The van der Waals surface area contributed by atoms with Gasteiger partial charge in [0.1, 0.15) is 4.83 Å². The van der Waals surface area contributed by atoms with Crippen LogP contribution < -0.4 is 0 Å². The van der Waals surface area contributed by atoms with E-state index in [1.807, 2.05) is 17.5 Å². The van der Waals surface area contributed by atoms with Gasteiger partial charge in [-0.2, -0.15) is 0 Å². The third kappa shape index (κ3) is 2.32. The fourth-order valence-electron chi connectivity index (χ4n) is 5.14. The normalized spacial score (nSPS) is 12.8. The Hall–Kier alpha value is -3.43. The molecule has 0 bridgehead atoms. The second-order valence-corrected chi connectivity index (χ2v) is 10.8. The Bertz CT molecular complexity index is 1810. The molecule has 0 aliphatic rings. The topological polar surface area (TPSA) is 17.3 Å². The minimum absolute atomic E-state index is 0.131. The van der Waals surface area contributed by atoms with Gasteiger partial charge >= 0.3 is 0 Å². The van der Waals surface area contributed by atoms with Crippen molar-refractivity contribution in [2.24, 2.45) is 0 Å². The van der Waals surface area contributed by atoms with Gasteiger partial charge in [0.15, 0.2) is 0 Å². The molecule has 7 aromatic rings. The number of aromatic nitrogens is 2. The molecule has 3 heteroatoms. The highest BCUT2D eigenvalue weighted by molar-refractivity contribution is 7.22. The van der Waals surface area contributed by atoms with Gasteiger partial charge in [-0.25, -0.2) is 0 Å². The van der Waals surface area contributed by atoms with Crippen molar-refractivity contribution in [3.05, 3.63) is 84.6 Å². The Morgan fingerprint density at radius 2 is 1.53 bits per heavy atom. The zero-order valence-corrected chi connectivity index (χ0v) is 19.1. The lowest BCUT2D eigenvalue weighted by atomic mass is 9.86. The molecule has 0 saturated carbocycles. The zero-order chi connectivity index (χ0) is 21.6. The van der Waals surface area contributed by atoms with E-state index in [4.69, 9.17) is 4.98 Å². The maximum Gasteiger partial charge on any atom is 0.109 e. The highest BCUT2D eigenvalue weighted by Gasteiger charge is 2.21. The lowest BCUT2D eigenvalue weighted by Gasteiger charge is -2.19. The summed E-state index contributed by atoms with van der Waals surface area (Å²) in [4.78, 5) is 7.37. The number of benzene rings is 3. The van der Waals surface area contributed by atoms with E-state index in [1.165, 1.54) is 58.6 Å². The summed E-state index contributed by atoms with van der Waals surface area (Å²) in [6, 6.07) is 26.7. The highest BCUT2D eigenvalue weighted by Crippen LogP contribution is 2.45. The monoisotopic (exact) mass is 430 g/mol. The molecule has 4 heterocycles. The van der Waals surface area contributed by atoms with Crippen molar-refractivity contribution >= 4 is 59.5 Å². The second kappa shape index (κ2) is 6.08. The standard InChI is InChI=1S/C29H22N2S/c1-29(2,3)18-11-12-19-17(15-18)13-14-30-26(19)25-16-23-22-9-6-8-21-20-7-4-5-10-24(20)31(27(21)22)28(23)32-25/h4-16H,1-3H3. The first-order chi connectivity index (χ1) is 15.5. The molecule has 0 atom stereocenters. The third-order valence-electron chi connectivity index (χ3n) is 6.76. The first-order valence-corrected chi connectivity index (χ1v) is 11.9. The van der Waals surface area contributed by atoms with E-state index in [0.29, 0.717) is 0 Å². The van der Waals surface area contributed by atoms with Gasteiger partial charge in [0.2, 0.25) is 0 Å². The summed E-state index contributed by atoms with van der Waals surface area (Å²) in [6.45, 7) is 6.79. The molecule has 0 spiro atoms. The molecule has 0 unspecified atom stereocenters. The molecule has 0 aliphatic heterocycles. The highest BCUT2D eigenvalue weighted by atomic mass is 32.1. The molecule has 154 valence electrons. The molecule has 0 aliphatic carbocycles. The van der Waals surface area contributed by atoms with Crippen LogP contribution in [-0.4, -0.2) is 9.38 Å². The van der Waals surface area contributed by atoms with Gasteiger partial charge in [0.25, 0.3) is 0 Å². The number of hydrogen-bond acceptors (Lipinski definition) is 2. The van der Waals surface area contributed by atoms with Crippen molar-refractivity contribution in [3.8, 4) is 10.6 Å². The Morgan fingerprint density at radius 3 is 2.38 bits per heavy atom. The van der Waals surface area contributed by atoms with Gasteiger partial charge in [0.05, 0.1) is 21.6 Å². The molecular weight excluding hydrogens is 408 g/mol. The Morgan fingerprint density at radius 1 is 0.750 bits per heavy atom. The van der Waals surface area contributed by atoms with Crippen molar-refractivity contribution in [1.29, 1.82) is 0 Å². The molecule has 3 aromatic carbocycles. The van der Waals surface area contributed by atoms with Crippen LogP contribution >= 0.6 is 11.3 Å². The largest absolute Gasteiger partial charge is 0.299 e. The summed E-state index contributed by atoms with van der Waals surface area (Å²) in [5.74, 6) is 0. The van der Waals surface area contributed by atoms with Crippen LogP contribution in [0.4, 0.5) is 0 Å².